The number of nitrogens with zero attached hydrogens (tertiary/aromatic N) is 3. The van der Waals surface area contributed by atoms with Crippen molar-refractivity contribution in [1.29, 1.82) is 0 Å². The molecule has 1 aromatic heterocycles. The van der Waals surface area contributed by atoms with Gasteiger partial charge in [-0.1, -0.05) is 279 Å². The Morgan fingerprint density at radius 2 is 0.524 bits per heavy atom. The van der Waals surface area contributed by atoms with Crippen molar-refractivity contribution in [2.45, 2.75) is 6.17 Å². The summed E-state index contributed by atoms with van der Waals surface area (Å²) in [4.78, 5) is 16.8. The quantitative estimate of drug-likeness (QED) is 0.125. The van der Waals surface area contributed by atoms with Crippen LogP contribution >= 0.6 is 0 Å². The van der Waals surface area contributed by atoms with Crippen LogP contribution in [-0.4, -0.2) is 16.7 Å². The molecule has 0 bridgehead atoms. The van der Waals surface area contributed by atoms with Gasteiger partial charge in [0.2, 0.25) is 0 Å². The number of aliphatic imine (C=N–C) groups is 2. The molecule has 0 fully saturated rings. The van der Waals surface area contributed by atoms with Crippen molar-refractivity contribution in [2.75, 3.05) is 0 Å². The van der Waals surface area contributed by atoms with Gasteiger partial charge in [0.1, 0.15) is 12.0 Å². The summed E-state index contributed by atoms with van der Waals surface area (Å²) in [6, 6.07) is 116. The molecule has 0 radical (unpaired) electrons. The minimum absolute atomic E-state index is 0.497. The van der Waals surface area contributed by atoms with Gasteiger partial charge in [0.15, 0.2) is 5.84 Å². The number of hydrogen-bond acceptors (Lipinski definition) is 4. The van der Waals surface area contributed by atoms with E-state index in [9.17, 15) is 0 Å². The summed E-state index contributed by atoms with van der Waals surface area (Å²) in [5.74, 6) is 1.37. The van der Waals surface area contributed by atoms with Crippen LogP contribution in [0.1, 0.15) is 22.9 Å². The van der Waals surface area contributed by atoms with Gasteiger partial charge in [0, 0.05) is 38.9 Å². The van der Waals surface area contributed by atoms with Crippen LogP contribution in [0.3, 0.4) is 0 Å². The zero-order chi connectivity index (χ0) is 56.0. The maximum atomic E-state index is 5.70. The highest BCUT2D eigenvalue weighted by molar-refractivity contribution is 6.14. The van der Waals surface area contributed by atoms with Crippen LogP contribution in [-0.2, 0) is 0 Å². The normalized spacial score (nSPS) is 12.9. The van der Waals surface area contributed by atoms with E-state index in [1.54, 1.807) is 0 Å². The number of benzene rings is 12. The Bertz CT molecular complexity index is 4290. The number of amidine groups is 2. The molecular weight excluding hydrogens is 1020 g/mol. The molecule has 0 aliphatic carbocycles. The van der Waals surface area contributed by atoms with E-state index in [2.05, 4.69) is 333 Å². The summed E-state index contributed by atoms with van der Waals surface area (Å²) >= 11 is 0. The van der Waals surface area contributed by atoms with Crippen LogP contribution in [0.15, 0.2) is 338 Å². The Kier molecular flexibility index (Phi) is 14.1. The second-order valence-electron chi connectivity index (χ2n) is 21.1. The zero-order valence-corrected chi connectivity index (χ0v) is 46.1. The predicted octanol–water partition coefficient (Wildman–Crippen LogP) is 20.2. The summed E-state index contributed by atoms with van der Waals surface area (Å²) in [5, 5.41) is 3.90. The Hall–Kier alpha value is -11.1. The third-order valence-electron chi connectivity index (χ3n) is 15.7. The lowest BCUT2D eigenvalue weighted by atomic mass is 9.82. The fourth-order valence-electron chi connectivity index (χ4n) is 11.6. The van der Waals surface area contributed by atoms with Gasteiger partial charge < -0.3 is 5.32 Å². The van der Waals surface area contributed by atoms with Crippen LogP contribution < -0.4 is 5.32 Å². The van der Waals surface area contributed by atoms with Gasteiger partial charge in [0.05, 0.1) is 11.4 Å². The van der Waals surface area contributed by atoms with Gasteiger partial charge in [0.25, 0.3) is 0 Å². The van der Waals surface area contributed by atoms with Gasteiger partial charge in [-0.2, -0.15) is 0 Å². The third-order valence-corrected chi connectivity index (χ3v) is 15.7. The van der Waals surface area contributed by atoms with Gasteiger partial charge in [-0.3, -0.25) is 0 Å². The van der Waals surface area contributed by atoms with Crippen LogP contribution in [0, 0.1) is 0 Å². The SMILES string of the molecule is c1ccc(-c2cc(C3=NC(c4cc(-c5ccccc5)cc(-c5ccccc5)c4)NC(c4cccc(-c5cccc(-c6c(-c7ccccc7)c(-c7ccccc7)nc(-c7ccccc7)c6-c6ccccc6)c5)c4)=N3)cc(-c3ccccc3)c2)cc1. The predicted molar refractivity (Wildman–Crippen MR) is 350 cm³/mol. The molecule has 12 aromatic carbocycles. The lowest BCUT2D eigenvalue weighted by Crippen LogP contribution is -2.33. The number of aromatic nitrogens is 1. The minimum Gasteiger partial charge on any atom is -0.344 e. The molecule has 1 N–H and O–H groups in total. The molecule has 13 aromatic rings. The monoisotopic (exact) mass is 1070 g/mol. The first-order valence-corrected chi connectivity index (χ1v) is 28.6. The second-order valence-corrected chi connectivity index (χ2v) is 21.1. The van der Waals surface area contributed by atoms with Crippen molar-refractivity contribution in [3.8, 4) is 112 Å². The van der Waals surface area contributed by atoms with Gasteiger partial charge in [-0.15, -0.1) is 0 Å². The standard InChI is InChI=1S/C80H56N4/c1-9-27-55(28-10-1)67-49-68(56-29-11-2-12-30-56)52-71(51-67)79-82-78(83-80(84-79)72-53-69(57-31-13-3-14-32-57)50-70(54-72)58-33-15-4-16-34-58)66-46-26-44-64(48-66)63-43-25-45-65(47-63)73-74(59-35-17-5-18-36-59)76(61-39-21-7-22-40-61)81-77(62-41-23-8-24-42-62)75(73)60-37-19-6-20-38-60/h1-54,79H,(H,82,83,84). The highest BCUT2D eigenvalue weighted by atomic mass is 15.2. The molecule has 14 rings (SSSR count). The molecule has 4 heteroatoms. The van der Waals surface area contributed by atoms with Gasteiger partial charge >= 0.3 is 0 Å². The van der Waals surface area contributed by atoms with Crippen LogP contribution in [0.4, 0.5) is 0 Å². The lowest BCUT2D eigenvalue weighted by molar-refractivity contribution is 0.675. The Balaban J connectivity index is 0.951. The van der Waals surface area contributed by atoms with Crippen molar-refractivity contribution in [1.82, 2.24) is 10.3 Å². The third kappa shape index (κ3) is 10.6. The van der Waals surface area contributed by atoms with Gasteiger partial charge in [-0.05, 0) is 126 Å². The highest BCUT2D eigenvalue weighted by Crippen LogP contribution is 2.49. The first kappa shape index (κ1) is 51.1. The average Bonchev–Trinajstić information content (AvgIpc) is 1.87. The van der Waals surface area contributed by atoms with E-state index in [1.165, 1.54) is 0 Å². The molecule has 84 heavy (non-hydrogen) atoms. The second kappa shape index (κ2) is 23.2. The smallest absolute Gasteiger partial charge is 0.159 e. The number of rotatable bonds is 13. The molecule has 1 atom stereocenters. The maximum Gasteiger partial charge on any atom is 0.159 e. The van der Waals surface area contributed by atoms with E-state index in [-0.39, 0.29) is 0 Å². The highest BCUT2D eigenvalue weighted by Gasteiger charge is 2.27. The summed E-state index contributed by atoms with van der Waals surface area (Å²) < 4.78 is 0. The fraction of sp³-hybridized carbons (Fsp3) is 0.0125. The molecular formula is C80H56N4. The van der Waals surface area contributed by atoms with Crippen molar-refractivity contribution in [3.05, 3.63) is 344 Å². The van der Waals surface area contributed by atoms with E-state index in [0.717, 1.165) is 134 Å². The lowest BCUT2D eigenvalue weighted by Gasteiger charge is -2.25. The molecule has 0 amide bonds. The largest absolute Gasteiger partial charge is 0.344 e. The van der Waals surface area contributed by atoms with Crippen molar-refractivity contribution in [2.24, 2.45) is 9.98 Å². The van der Waals surface area contributed by atoms with Gasteiger partial charge in [-0.25, -0.2) is 15.0 Å². The Labute approximate surface area is 491 Å². The maximum absolute atomic E-state index is 5.70. The van der Waals surface area contributed by atoms with E-state index in [0.29, 0.717) is 5.84 Å². The average molecular weight is 1070 g/mol. The molecule has 1 aliphatic rings. The first-order valence-electron chi connectivity index (χ1n) is 28.6. The van der Waals surface area contributed by atoms with Crippen molar-refractivity contribution >= 4 is 11.7 Å². The molecule has 1 aliphatic heterocycles. The van der Waals surface area contributed by atoms with Crippen LogP contribution in [0.25, 0.3) is 112 Å². The fourth-order valence-corrected chi connectivity index (χ4v) is 11.6. The molecule has 0 saturated carbocycles. The number of hydrogen-bond donors (Lipinski definition) is 1. The van der Waals surface area contributed by atoms with Crippen molar-refractivity contribution in [3.63, 3.8) is 0 Å². The van der Waals surface area contributed by atoms with E-state index >= 15 is 0 Å². The summed E-state index contributed by atoms with van der Waals surface area (Å²) in [5.41, 5.74) is 24.4. The van der Waals surface area contributed by atoms with E-state index in [4.69, 9.17) is 15.0 Å². The molecule has 0 saturated heterocycles. The van der Waals surface area contributed by atoms with E-state index in [1.807, 2.05) is 0 Å². The molecule has 2 heterocycles. The first-order chi connectivity index (χ1) is 41.6. The number of nitrogens with one attached hydrogen (secondary N) is 1. The van der Waals surface area contributed by atoms with E-state index < -0.39 is 6.17 Å². The molecule has 1 unspecified atom stereocenters. The molecule has 4 nitrogen and oxygen atoms in total. The molecule has 396 valence electrons. The summed E-state index contributed by atoms with van der Waals surface area (Å²) in [6.07, 6.45) is -0.497. The summed E-state index contributed by atoms with van der Waals surface area (Å²) in [7, 11) is 0. The Morgan fingerprint density at radius 1 is 0.226 bits per heavy atom. The Morgan fingerprint density at radius 3 is 0.929 bits per heavy atom. The zero-order valence-electron chi connectivity index (χ0n) is 46.1. The van der Waals surface area contributed by atoms with Crippen LogP contribution in [0.2, 0.25) is 0 Å². The van der Waals surface area contributed by atoms with Crippen LogP contribution in [0.5, 0.6) is 0 Å². The van der Waals surface area contributed by atoms with Crippen molar-refractivity contribution < 1.29 is 0 Å². The number of pyridine rings is 1. The topological polar surface area (TPSA) is 49.6 Å². The minimum atomic E-state index is -0.497. The molecule has 0 spiro atoms. The summed E-state index contributed by atoms with van der Waals surface area (Å²) in [6.45, 7) is 0.